The van der Waals surface area contributed by atoms with Crippen molar-refractivity contribution in [3.63, 3.8) is 0 Å². The fraction of sp³-hybridized carbons (Fsp3) is 0.355. The number of carbonyl (C=O) groups excluding carboxylic acids is 2. The topological polar surface area (TPSA) is 113 Å². The standard InChI is InChI=1S/C31H40N6O2/c1-7-20(4)29(31(39)36-25-11-13-28(34-18-25)30(38)35-24(8-2)9-3)26-15-22(10-12-27(26)32)23-14-21(16-33-17-23)19-37(5)6/h10-18,24H,7-9,19,32H2,1-6H3,(H,35,38)(H,36,39). The fourth-order valence-electron chi connectivity index (χ4n) is 4.32. The first kappa shape index (κ1) is 29.5. The molecule has 0 radical (unpaired) electrons. The van der Waals surface area contributed by atoms with Crippen LogP contribution in [0.4, 0.5) is 11.4 Å². The Morgan fingerprint density at radius 1 is 0.974 bits per heavy atom. The van der Waals surface area contributed by atoms with Crippen LogP contribution in [0.3, 0.4) is 0 Å². The number of nitrogens with zero attached hydrogens (tertiary/aromatic N) is 3. The number of allylic oxidation sites excluding steroid dienone is 1. The Morgan fingerprint density at radius 3 is 2.33 bits per heavy atom. The molecule has 2 heterocycles. The lowest BCUT2D eigenvalue weighted by Gasteiger charge is -2.17. The third-order valence-corrected chi connectivity index (χ3v) is 6.71. The highest BCUT2D eigenvalue weighted by atomic mass is 16.2. The summed E-state index contributed by atoms with van der Waals surface area (Å²) in [5.74, 6) is -0.508. The van der Waals surface area contributed by atoms with E-state index in [9.17, 15) is 9.59 Å². The normalized spacial score (nSPS) is 11.9. The Balaban J connectivity index is 1.88. The maximum Gasteiger partial charge on any atom is 0.270 e. The molecule has 2 aromatic heterocycles. The van der Waals surface area contributed by atoms with Gasteiger partial charge in [0.1, 0.15) is 5.69 Å². The second-order valence-electron chi connectivity index (χ2n) is 10.0. The molecule has 8 nitrogen and oxygen atoms in total. The molecule has 0 aliphatic rings. The van der Waals surface area contributed by atoms with Crippen LogP contribution in [-0.4, -0.2) is 46.8 Å². The van der Waals surface area contributed by atoms with E-state index in [1.165, 1.54) is 6.20 Å². The van der Waals surface area contributed by atoms with Crippen LogP contribution < -0.4 is 16.4 Å². The first-order valence-electron chi connectivity index (χ1n) is 13.4. The third-order valence-electron chi connectivity index (χ3n) is 6.71. The van der Waals surface area contributed by atoms with Crippen LogP contribution in [0, 0.1) is 0 Å². The van der Waals surface area contributed by atoms with E-state index in [0.29, 0.717) is 34.6 Å². The van der Waals surface area contributed by atoms with Crippen molar-refractivity contribution in [3.05, 3.63) is 77.4 Å². The number of nitrogens with one attached hydrogen (secondary N) is 2. The van der Waals surface area contributed by atoms with Crippen LogP contribution in [0.15, 0.2) is 60.6 Å². The summed E-state index contributed by atoms with van der Waals surface area (Å²) < 4.78 is 0. The van der Waals surface area contributed by atoms with Gasteiger partial charge < -0.3 is 21.3 Å². The summed E-state index contributed by atoms with van der Waals surface area (Å²) in [6.45, 7) is 8.78. The van der Waals surface area contributed by atoms with E-state index in [4.69, 9.17) is 5.73 Å². The minimum atomic E-state index is -0.284. The van der Waals surface area contributed by atoms with Crippen molar-refractivity contribution in [2.45, 2.75) is 59.5 Å². The number of rotatable bonds is 11. The molecule has 4 N–H and O–H groups in total. The number of pyridine rings is 2. The van der Waals surface area contributed by atoms with Crippen molar-refractivity contribution in [3.8, 4) is 11.1 Å². The highest BCUT2D eigenvalue weighted by Gasteiger charge is 2.19. The van der Waals surface area contributed by atoms with Crippen molar-refractivity contribution < 1.29 is 9.59 Å². The van der Waals surface area contributed by atoms with E-state index in [-0.39, 0.29) is 17.9 Å². The highest BCUT2D eigenvalue weighted by Crippen LogP contribution is 2.32. The molecule has 1 aromatic carbocycles. The number of hydrogen-bond donors (Lipinski definition) is 3. The van der Waals surface area contributed by atoms with Crippen molar-refractivity contribution in [2.75, 3.05) is 25.1 Å². The number of nitrogen functional groups attached to an aromatic ring is 1. The number of benzene rings is 1. The smallest absolute Gasteiger partial charge is 0.270 e. The van der Waals surface area contributed by atoms with Gasteiger partial charge in [-0.15, -0.1) is 0 Å². The fourth-order valence-corrected chi connectivity index (χ4v) is 4.32. The highest BCUT2D eigenvalue weighted by molar-refractivity contribution is 6.27. The molecule has 206 valence electrons. The average Bonchev–Trinajstić information content (AvgIpc) is 2.92. The summed E-state index contributed by atoms with van der Waals surface area (Å²) in [5, 5.41) is 5.91. The number of amides is 2. The molecule has 0 fully saturated rings. The van der Waals surface area contributed by atoms with Gasteiger partial charge in [-0.25, -0.2) is 4.98 Å². The first-order chi connectivity index (χ1) is 18.7. The van der Waals surface area contributed by atoms with Gasteiger partial charge in [0, 0.05) is 47.4 Å². The minimum absolute atomic E-state index is 0.107. The van der Waals surface area contributed by atoms with Gasteiger partial charge in [0.15, 0.2) is 0 Å². The Kier molecular flexibility index (Phi) is 10.3. The molecule has 0 bridgehead atoms. The van der Waals surface area contributed by atoms with E-state index in [1.807, 2.05) is 72.4 Å². The second kappa shape index (κ2) is 13.7. The van der Waals surface area contributed by atoms with E-state index >= 15 is 0 Å². The number of hydrogen-bond acceptors (Lipinski definition) is 6. The Labute approximate surface area is 231 Å². The van der Waals surface area contributed by atoms with E-state index in [2.05, 4.69) is 31.6 Å². The van der Waals surface area contributed by atoms with E-state index in [1.54, 1.807) is 12.1 Å². The summed E-state index contributed by atoms with van der Waals surface area (Å²) in [6, 6.07) is 11.2. The number of carbonyl (C=O) groups is 2. The van der Waals surface area contributed by atoms with Gasteiger partial charge in [0.25, 0.3) is 11.8 Å². The molecular weight excluding hydrogens is 488 g/mol. The summed E-state index contributed by atoms with van der Waals surface area (Å²) in [4.78, 5) is 36.9. The first-order valence-corrected chi connectivity index (χ1v) is 13.4. The molecule has 8 heteroatoms. The molecule has 0 spiro atoms. The van der Waals surface area contributed by atoms with Gasteiger partial charge in [-0.2, -0.15) is 0 Å². The van der Waals surface area contributed by atoms with Crippen LogP contribution in [0.25, 0.3) is 16.7 Å². The van der Waals surface area contributed by atoms with Crippen molar-refractivity contribution in [1.82, 2.24) is 20.2 Å². The molecule has 2 amide bonds. The summed E-state index contributed by atoms with van der Waals surface area (Å²) >= 11 is 0. The maximum absolute atomic E-state index is 13.6. The van der Waals surface area contributed by atoms with Crippen molar-refractivity contribution >= 4 is 28.8 Å². The molecule has 0 saturated carbocycles. The number of nitrogens with two attached hydrogens (primary N) is 1. The lowest BCUT2D eigenvalue weighted by molar-refractivity contribution is -0.111. The van der Waals surface area contributed by atoms with Crippen molar-refractivity contribution in [1.29, 1.82) is 0 Å². The van der Waals surface area contributed by atoms with Crippen LogP contribution in [0.1, 0.15) is 68.6 Å². The Hall–Kier alpha value is -4.04. The Morgan fingerprint density at radius 2 is 1.72 bits per heavy atom. The molecule has 0 atom stereocenters. The van der Waals surface area contributed by atoms with Crippen LogP contribution in [0.2, 0.25) is 0 Å². The van der Waals surface area contributed by atoms with Gasteiger partial charge in [0.2, 0.25) is 0 Å². The molecule has 0 saturated heterocycles. The van der Waals surface area contributed by atoms with Crippen LogP contribution in [0.5, 0.6) is 0 Å². The molecule has 3 aromatic rings. The largest absolute Gasteiger partial charge is 0.398 e. The second-order valence-corrected chi connectivity index (χ2v) is 10.0. The molecule has 0 aliphatic heterocycles. The molecule has 3 rings (SSSR count). The quantitative estimate of drug-likeness (QED) is 0.223. The summed E-state index contributed by atoms with van der Waals surface area (Å²) in [5.41, 5.74) is 12.8. The number of anilines is 2. The average molecular weight is 529 g/mol. The Bertz CT molecular complexity index is 1330. The molecule has 0 aliphatic carbocycles. The monoisotopic (exact) mass is 528 g/mol. The summed E-state index contributed by atoms with van der Waals surface area (Å²) in [7, 11) is 4.03. The lowest BCUT2D eigenvalue weighted by Crippen LogP contribution is -2.34. The zero-order valence-corrected chi connectivity index (χ0v) is 23.8. The predicted octanol–water partition coefficient (Wildman–Crippen LogP) is 5.53. The van der Waals surface area contributed by atoms with Crippen LogP contribution in [-0.2, 0) is 11.3 Å². The van der Waals surface area contributed by atoms with Gasteiger partial charge in [0.05, 0.1) is 11.9 Å². The summed E-state index contributed by atoms with van der Waals surface area (Å²) in [6.07, 6.45) is 7.56. The predicted molar refractivity (Wildman–Crippen MR) is 159 cm³/mol. The zero-order chi connectivity index (χ0) is 28.5. The van der Waals surface area contributed by atoms with E-state index in [0.717, 1.165) is 41.6 Å². The molecule has 39 heavy (non-hydrogen) atoms. The SMILES string of the molecule is CCC(C)=C(C(=O)Nc1ccc(C(=O)NC(CC)CC)nc1)c1cc(-c2cncc(CN(C)C)c2)ccc1N. The van der Waals surface area contributed by atoms with Gasteiger partial charge in [-0.1, -0.05) is 32.4 Å². The van der Waals surface area contributed by atoms with Crippen molar-refractivity contribution in [2.24, 2.45) is 0 Å². The zero-order valence-electron chi connectivity index (χ0n) is 23.8. The van der Waals surface area contributed by atoms with Gasteiger partial charge >= 0.3 is 0 Å². The lowest BCUT2D eigenvalue weighted by atomic mass is 9.93. The maximum atomic E-state index is 13.6. The number of aromatic nitrogens is 2. The minimum Gasteiger partial charge on any atom is -0.398 e. The molecular formula is C31H40N6O2. The van der Waals surface area contributed by atoms with Gasteiger partial charge in [-0.3, -0.25) is 14.6 Å². The third kappa shape index (κ3) is 7.74. The van der Waals surface area contributed by atoms with Gasteiger partial charge in [-0.05, 0) is 81.7 Å². The van der Waals surface area contributed by atoms with Crippen LogP contribution >= 0.6 is 0 Å². The molecule has 0 unspecified atom stereocenters. The van der Waals surface area contributed by atoms with E-state index < -0.39 is 0 Å².